The summed E-state index contributed by atoms with van der Waals surface area (Å²) in [5.74, 6) is 0. The minimum absolute atomic E-state index is 0. The summed E-state index contributed by atoms with van der Waals surface area (Å²) in [6.45, 7) is 0. The largest absolute Gasteiger partial charge is 2.00 e. The van der Waals surface area contributed by atoms with E-state index < -0.39 is 20.2 Å². The Bertz CT molecular complexity index is 4010. The van der Waals surface area contributed by atoms with Gasteiger partial charge in [0.05, 0.1) is 55.3 Å². The number of carbonyl (C=O) groups excluding carboxylic acids is 1. The average Bonchev–Trinajstić information content (AvgIpc) is 0.963. The van der Waals surface area contributed by atoms with Crippen molar-refractivity contribution in [3.63, 3.8) is 0 Å². The number of halogens is 2. The number of pyridine rings is 6. The molecule has 0 unspecified atom stereocenters. The van der Waals surface area contributed by atoms with Gasteiger partial charge < -0.3 is 35.6 Å². The van der Waals surface area contributed by atoms with Gasteiger partial charge in [-0.05, 0) is 192 Å². The zero-order valence-electron chi connectivity index (χ0n) is 49.0. The van der Waals surface area contributed by atoms with Gasteiger partial charge in [0.2, 0.25) is 6.41 Å². The molecule has 6 N–H and O–H groups in total. The molecule has 23 heteroatoms. The van der Waals surface area contributed by atoms with Crippen molar-refractivity contribution in [1.82, 2.24) is 34.8 Å². The van der Waals surface area contributed by atoms with Crippen LogP contribution in [-0.4, -0.2) is 92.2 Å². The molecular formula is C69H59Br2CoN9O9S2. The number of amides is 1. The van der Waals surface area contributed by atoms with Gasteiger partial charge in [0.15, 0.2) is 0 Å². The van der Waals surface area contributed by atoms with E-state index in [-0.39, 0.29) is 37.5 Å². The third-order valence-electron chi connectivity index (χ3n) is 12.3. The number of carbonyl (C=O) groups is 1. The van der Waals surface area contributed by atoms with E-state index in [4.69, 9.17) is 9.97 Å². The fourth-order valence-electron chi connectivity index (χ4n) is 8.05. The Morgan fingerprint density at radius 2 is 0.609 bits per heavy atom. The van der Waals surface area contributed by atoms with Crippen LogP contribution in [0.4, 0.5) is 22.7 Å². The Kier molecular flexibility index (Phi) is 29.0. The predicted molar refractivity (Wildman–Crippen MR) is 363 cm³/mol. The van der Waals surface area contributed by atoms with Gasteiger partial charge in [-0.2, -0.15) is 0 Å². The number of para-hydroxylation sites is 2. The van der Waals surface area contributed by atoms with Crippen LogP contribution in [0.5, 0.6) is 0 Å². The van der Waals surface area contributed by atoms with Gasteiger partial charge in [-0.1, -0.05) is 117 Å². The molecule has 0 fully saturated rings. The van der Waals surface area contributed by atoms with Gasteiger partial charge in [0.25, 0.3) is 0 Å². The van der Waals surface area contributed by atoms with E-state index in [1.54, 1.807) is 63.1 Å². The first-order valence-electron chi connectivity index (χ1n) is 27.1. The van der Waals surface area contributed by atoms with Crippen molar-refractivity contribution in [2.45, 2.75) is 9.79 Å². The van der Waals surface area contributed by atoms with Crippen LogP contribution in [0.25, 0.3) is 67.8 Å². The molecule has 12 rings (SSSR count). The smallest absolute Gasteiger partial charge is 0.744 e. The quantitative estimate of drug-likeness (QED) is 0.0801. The van der Waals surface area contributed by atoms with Crippen LogP contribution >= 0.6 is 31.9 Å². The first-order valence-corrected chi connectivity index (χ1v) is 31.5. The second kappa shape index (κ2) is 36.4. The number of aromatic nitrogens is 6. The van der Waals surface area contributed by atoms with Crippen LogP contribution in [0.3, 0.4) is 0 Å². The minimum atomic E-state index is -4.37. The molecule has 0 saturated heterocycles. The van der Waals surface area contributed by atoms with Gasteiger partial charge in [-0.3, -0.25) is 24.7 Å². The fraction of sp³-hybridized carbons (Fsp3) is 0.0290. The molecule has 6 aromatic heterocycles. The summed E-state index contributed by atoms with van der Waals surface area (Å²) in [5.41, 5.74) is 14.4. The van der Waals surface area contributed by atoms with Crippen LogP contribution < -0.4 is 10.6 Å². The Balaban J connectivity index is 0.000000218. The molecule has 0 bridgehead atoms. The first-order chi connectivity index (χ1) is 43.0. The van der Waals surface area contributed by atoms with E-state index >= 15 is 0 Å². The van der Waals surface area contributed by atoms with Crippen LogP contribution in [0.1, 0.15) is 0 Å². The fourth-order valence-corrected chi connectivity index (χ4v) is 9.51. The van der Waals surface area contributed by atoms with Gasteiger partial charge in [0.1, 0.15) is 20.2 Å². The number of rotatable bonds is 13. The van der Waals surface area contributed by atoms with Gasteiger partial charge >= 0.3 is 16.8 Å². The summed E-state index contributed by atoms with van der Waals surface area (Å²) >= 11 is 6.98. The summed E-state index contributed by atoms with van der Waals surface area (Å²) in [5, 5.41) is 6.17. The molecule has 0 saturated carbocycles. The van der Waals surface area contributed by atoms with Crippen molar-refractivity contribution >= 4 is 81.3 Å². The van der Waals surface area contributed by atoms with Crippen molar-refractivity contribution in [3.8, 4) is 67.8 Å². The molecule has 1 radical (unpaired) electrons. The van der Waals surface area contributed by atoms with Crippen LogP contribution in [0.15, 0.2) is 298 Å². The van der Waals surface area contributed by atoms with Crippen molar-refractivity contribution in [2.24, 2.45) is 0 Å². The van der Waals surface area contributed by atoms with E-state index in [1.165, 1.54) is 29.2 Å². The van der Waals surface area contributed by atoms with Crippen molar-refractivity contribution in [3.05, 3.63) is 289 Å². The first kappa shape index (κ1) is 73.2. The number of nitrogens with zero attached hydrogens (tertiary/aromatic N) is 7. The van der Waals surface area contributed by atoms with Gasteiger partial charge in [-0.15, -0.1) is 0 Å². The molecule has 1 amide bonds. The Morgan fingerprint density at radius 3 is 0.837 bits per heavy atom. The van der Waals surface area contributed by atoms with Crippen LogP contribution in [-0.2, 0) is 41.8 Å². The molecule has 469 valence electrons. The molecule has 92 heavy (non-hydrogen) atoms. The number of hydrogen-bond acceptors (Lipinski definition) is 15. The minimum Gasteiger partial charge on any atom is -0.744 e. The number of benzene rings is 6. The molecule has 6 aromatic carbocycles. The maximum atomic E-state index is 10.7. The molecule has 18 nitrogen and oxygen atoms in total. The third-order valence-corrected chi connectivity index (χ3v) is 15.1. The standard InChI is InChI=1S/2C21H14BrN3.2C12H11NO3S.C3H7NO.Co.2H2O/c2*22-17-9-7-15(8-10-17)16-13-20(18-5-1-3-11-23-18)25-21(14-16)19-6-2-4-12-24-19;2*14-17(15,16)12-8-6-11(7-9-12)13-10-4-2-1-3-5-10;1-4(2)3-5;;;/h2*1-14H;2*1-9,13H,(H,14,15,16);3H,1-2H3;;2*1H2/q;;;;;+2;;/p-2. The number of nitrogens with one attached hydrogen (secondary N) is 2. The third kappa shape index (κ3) is 23.1. The predicted octanol–water partition coefficient (Wildman–Crippen LogP) is 14.0. The number of hydrogen-bond donors (Lipinski definition) is 2. The zero-order chi connectivity index (χ0) is 63.0. The molecule has 12 aromatic rings. The molecule has 6 heterocycles. The van der Waals surface area contributed by atoms with E-state index in [9.17, 15) is 30.7 Å². The summed E-state index contributed by atoms with van der Waals surface area (Å²) < 4.78 is 66.5. The summed E-state index contributed by atoms with van der Waals surface area (Å²) in [6, 6.07) is 78.4. The van der Waals surface area contributed by atoms with Crippen molar-refractivity contribution < 1.29 is 58.5 Å². The van der Waals surface area contributed by atoms with Crippen LogP contribution in [0.2, 0.25) is 0 Å². The van der Waals surface area contributed by atoms with E-state index in [0.29, 0.717) is 0 Å². The SMILES string of the molecule is Brc1ccc(-c2cc(-c3ccccn3)nc(-c3ccccn3)c2)cc1.Brc1ccc(-c2cc(-c3ccccn3)nc(-c3ccccn3)c2)cc1.CN(C)C=O.O.O.O=S(=O)([O-])c1ccc(Nc2ccccc2)cc1.O=S(=O)([O-])c1ccc(Nc2ccccc2)cc1.[Co+2]. The number of anilines is 4. The molecule has 0 atom stereocenters. The Hall–Kier alpha value is -9.50. The average molecular weight is 1440 g/mol. The zero-order valence-corrected chi connectivity index (χ0v) is 54.9. The molecule has 0 aliphatic rings. The maximum Gasteiger partial charge on any atom is 2.00 e. The normalized spacial score (nSPS) is 10.2. The Morgan fingerprint density at radius 1 is 0.359 bits per heavy atom. The molecule has 0 aliphatic heterocycles. The Labute approximate surface area is 561 Å². The summed E-state index contributed by atoms with van der Waals surface area (Å²) in [7, 11) is -5.37. The van der Waals surface area contributed by atoms with E-state index in [1.807, 2.05) is 158 Å². The van der Waals surface area contributed by atoms with E-state index in [0.717, 1.165) is 106 Å². The second-order valence-electron chi connectivity index (χ2n) is 19.1. The maximum absolute atomic E-state index is 10.7. The molecule has 0 aliphatic carbocycles. The molecular weight excluding hydrogens is 1380 g/mol. The van der Waals surface area contributed by atoms with Gasteiger partial charge in [-0.25, -0.2) is 26.8 Å². The van der Waals surface area contributed by atoms with Crippen molar-refractivity contribution in [1.29, 1.82) is 0 Å². The monoisotopic (exact) mass is 1440 g/mol. The molecule has 0 spiro atoms. The second-order valence-corrected chi connectivity index (χ2v) is 23.7. The summed E-state index contributed by atoms with van der Waals surface area (Å²) in [4.78, 5) is 37.8. The van der Waals surface area contributed by atoms with E-state index in [2.05, 4.69) is 111 Å². The van der Waals surface area contributed by atoms with Crippen LogP contribution in [0, 0.1) is 0 Å². The topological polar surface area (TPSA) is 299 Å². The van der Waals surface area contributed by atoms with Gasteiger partial charge in [0, 0.05) is 70.6 Å². The van der Waals surface area contributed by atoms with Crippen molar-refractivity contribution in [2.75, 3.05) is 24.7 Å². The summed E-state index contributed by atoms with van der Waals surface area (Å²) in [6.07, 6.45) is 7.88.